The summed E-state index contributed by atoms with van der Waals surface area (Å²) in [5.41, 5.74) is 1.68. The van der Waals surface area contributed by atoms with Crippen molar-refractivity contribution in [3.05, 3.63) is 71.3 Å². The lowest BCUT2D eigenvalue weighted by Gasteiger charge is -2.48. The molecule has 0 N–H and O–H groups in total. The number of halogens is 2. The third kappa shape index (κ3) is 3.96. The maximum atomic E-state index is 13.0. The summed E-state index contributed by atoms with van der Waals surface area (Å²) >= 11 is 0. The van der Waals surface area contributed by atoms with Gasteiger partial charge in [0.15, 0.2) is 5.78 Å². The molecule has 2 saturated heterocycles. The Labute approximate surface area is 159 Å². The molecule has 0 radical (unpaired) electrons. The molecule has 2 atom stereocenters. The normalized spacial score (nSPS) is 25.5. The number of ketones is 1. The van der Waals surface area contributed by atoms with Crippen molar-refractivity contribution in [3.8, 4) is 0 Å². The SMILES string of the molecule is O=C(c1cccc(C(F)F)c1)C1CC2CCCC(C1)N2Cc1ccccc1. The highest BCUT2D eigenvalue weighted by atomic mass is 19.3. The first-order chi connectivity index (χ1) is 13.1. The fraction of sp³-hybridized carbons (Fsp3) is 0.435. The number of benzene rings is 2. The van der Waals surface area contributed by atoms with Crippen LogP contribution in [0.5, 0.6) is 0 Å². The summed E-state index contributed by atoms with van der Waals surface area (Å²) in [6.07, 6.45) is 2.57. The van der Waals surface area contributed by atoms with Gasteiger partial charge in [-0.05, 0) is 37.3 Å². The summed E-state index contributed by atoms with van der Waals surface area (Å²) in [5, 5.41) is 0. The van der Waals surface area contributed by atoms with Crippen LogP contribution in [0.25, 0.3) is 0 Å². The number of fused-ring (bicyclic) bond motifs is 2. The van der Waals surface area contributed by atoms with E-state index in [4.69, 9.17) is 0 Å². The zero-order valence-electron chi connectivity index (χ0n) is 15.4. The molecule has 0 aromatic heterocycles. The lowest BCUT2D eigenvalue weighted by molar-refractivity contribution is 0.00905. The molecule has 2 bridgehead atoms. The van der Waals surface area contributed by atoms with Gasteiger partial charge < -0.3 is 0 Å². The molecule has 4 heteroatoms. The third-order valence-corrected chi connectivity index (χ3v) is 6.13. The van der Waals surface area contributed by atoms with E-state index in [9.17, 15) is 13.6 Å². The number of hydrogen-bond acceptors (Lipinski definition) is 2. The van der Waals surface area contributed by atoms with Gasteiger partial charge in [-0.25, -0.2) is 8.78 Å². The minimum atomic E-state index is -2.54. The summed E-state index contributed by atoms with van der Waals surface area (Å²) in [5.74, 6) is -0.0194. The van der Waals surface area contributed by atoms with Crippen molar-refractivity contribution in [1.82, 2.24) is 4.90 Å². The highest BCUT2D eigenvalue weighted by Gasteiger charge is 2.40. The maximum absolute atomic E-state index is 13.0. The van der Waals surface area contributed by atoms with Crippen LogP contribution in [0.15, 0.2) is 54.6 Å². The minimum absolute atomic E-state index is 0.0359. The molecule has 2 heterocycles. The molecule has 2 unspecified atom stereocenters. The van der Waals surface area contributed by atoms with Gasteiger partial charge in [-0.15, -0.1) is 0 Å². The zero-order chi connectivity index (χ0) is 18.8. The van der Waals surface area contributed by atoms with Crippen molar-refractivity contribution in [2.24, 2.45) is 5.92 Å². The van der Waals surface area contributed by atoms with Crippen LogP contribution in [0.3, 0.4) is 0 Å². The summed E-state index contributed by atoms with van der Waals surface area (Å²) in [7, 11) is 0. The largest absolute Gasteiger partial charge is 0.294 e. The lowest BCUT2D eigenvalue weighted by Crippen LogP contribution is -2.52. The van der Waals surface area contributed by atoms with E-state index in [-0.39, 0.29) is 17.3 Å². The van der Waals surface area contributed by atoms with E-state index >= 15 is 0 Å². The molecule has 27 heavy (non-hydrogen) atoms. The van der Waals surface area contributed by atoms with Crippen molar-refractivity contribution >= 4 is 5.78 Å². The molecule has 2 aliphatic heterocycles. The monoisotopic (exact) mass is 369 g/mol. The summed E-state index contributed by atoms with van der Waals surface area (Å²) in [6.45, 7) is 0.929. The van der Waals surface area contributed by atoms with Crippen molar-refractivity contribution < 1.29 is 13.6 Å². The average Bonchev–Trinajstić information content (AvgIpc) is 2.68. The van der Waals surface area contributed by atoms with Gasteiger partial charge >= 0.3 is 0 Å². The number of carbonyl (C=O) groups excluding carboxylic acids is 1. The number of Topliss-reactive ketones (excluding diaryl/α,β-unsaturated/α-hetero) is 1. The number of rotatable bonds is 5. The third-order valence-electron chi connectivity index (χ3n) is 6.13. The van der Waals surface area contributed by atoms with Gasteiger partial charge in [0.25, 0.3) is 6.43 Å². The fourth-order valence-electron chi connectivity index (χ4n) is 4.81. The molecule has 0 aliphatic carbocycles. The minimum Gasteiger partial charge on any atom is -0.294 e. The second kappa shape index (κ2) is 7.89. The van der Waals surface area contributed by atoms with Gasteiger partial charge in [0, 0.05) is 35.7 Å². The standard InChI is InChI=1S/C23H25F2NO/c24-23(25)18-9-4-8-17(12-18)22(27)19-13-20-10-5-11-21(14-19)26(20)15-16-6-2-1-3-7-16/h1-4,6-9,12,19-21,23H,5,10-11,13-15H2. The van der Waals surface area contributed by atoms with Gasteiger partial charge in [-0.3, -0.25) is 9.69 Å². The summed E-state index contributed by atoms with van der Waals surface area (Å²) < 4.78 is 26.0. The Balaban J connectivity index is 1.49. The second-order valence-electron chi connectivity index (χ2n) is 7.86. The van der Waals surface area contributed by atoms with Crippen LogP contribution in [0, 0.1) is 5.92 Å². The quantitative estimate of drug-likeness (QED) is 0.636. The number of piperidine rings is 2. The first-order valence-corrected chi connectivity index (χ1v) is 9.84. The lowest BCUT2D eigenvalue weighted by atomic mass is 9.75. The van der Waals surface area contributed by atoms with Crippen LogP contribution in [-0.2, 0) is 6.54 Å². The van der Waals surface area contributed by atoms with Crippen LogP contribution >= 0.6 is 0 Å². The van der Waals surface area contributed by atoms with Crippen molar-refractivity contribution in [2.45, 2.75) is 57.2 Å². The van der Waals surface area contributed by atoms with E-state index in [1.54, 1.807) is 12.1 Å². The maximum Gasteiger partial charge on any atom is 0.263 e. The van der Waals surface area contributed by atoms with Gasteiger partial charge in [-0.1, -0.05) is 55.0 Å². The molecule has 0 spiro atoms. The van der Waals surface area contributed by atoms with Crippen LogP contribution < -0.4 is 0 Å². The van der Waals surface area contributed by atoms with Crippen LogP contribution in [-0.4, -0.2) is 22.8 Å². The topological polar surface area (TPSA) is 20.3 Å². The predicted octanol–water partition coefficient (Wildman–Crippen LogP) is 5.64. The number of hydrogen-bond donors (Lipinski definition) is 0. The van der Waals surface area contributed by atoms with E-state index in [0.29, 0.717) is 17.6 Å². The first kappa shape index (κ1) is 18.3. The van der Waals surface area contributed by atoms with Crippen molar-refractivity contribution in [2.75, 3.05) is 0 Å². The second-order valence-corrected chi connectivity index (χ2v) is 7.86. The van der Waals surface area contributed by atoms with E-state index in [0.717, 1.165) is 32.2 Å². The van der Waals surface area contributed by atoms with E-state index in [2.05, 4.69) is 29.2 Å². The van der Waals surface area contributed by atoms with E-state index < -0.39 is 6.43 Å². The summed E-state index contributed by atoms with van der Waals surface area (Å²) in [6, 6.07) is 17.3. The Morgan fingerprint density at radius 3 is 2.37 bits per heavy atom. The number of alkyl halides is 2. The van der Waals surface area contributed by atoms with Crippen LogP contribution in [0.2, 0.25) is 0 Å². The number of carbonyl (C=O) groups is 1. The molecule has 2 fully saturated rings. The predicted molar refractivity (Wildman–Crippen MR) is 102 cm³/mol. The molecule has 2 aromatic carbocycles. The highest BCUT2D eigenvalue weighted by Crippen LogP contribution is 2.39. The highest BCUT2D eigenvalue weighted by molar-refractivity contribution is 5.98. The molecular weight excluding hydrogens is 344 g/mol. The molecule has 142 valence electrons. The van der Waals surface area contributed by atoms with Gasteiger partial charge in [0.05, 0.1) is 0 Å². The Kier molecular flexibility index (Phi) is 5.35. The fourth-order valence-corrected chi connectivity index (χ4v) is 4.81. The average molecular weight is 369 g/mol. The zero-order valence-corrected chi connectivity index (χ0v) is 15.4. The molecule has 2 nitrogen and oxygen atoms in total. The molecule has 4 rings (SSSR count). The number of nitrogens with zero attached hydrogens (tertiary/aromatic N) is 1. The summed E-state index contributed by atoms with van der Waals surface area (Å²) in [4.78, 5) is 15.6. The van der Waals surface area contributed by atoms with E-state index in [1.165, 1.54) is 24.1 Å². The molecule has 2 aliphatic rings. The Morgan fingerprint density at radius 1 is 1.00 bits per heavy atom. The Morgan fingerprint density at radius 2 is 1.70 bits per heavy atom. The van der Waals surface area contributed by atoms with Crippen LogP contribution in [0.4, 0.5) is 8.78 Å². The van der Waals surface area contributed by atoms with Crippen molar-refractivity contribution in [3.63, 3.8) is 0 Å². The Hall–Kier alpha value is -2.07. The smallest absolute Gasteiger partial charge is 0.263 e. The van der Waals surface area contributed by atoms with Gasteiger partial charge in [-0.2, -0.15) is 0 Å². The van der Waals surface area contributed by atoms with Crippen molar-refractivity contribution in [1.29, 1.82) is 0 Å². The van der Waals surface area contributed by atoms with Gasteiger partial charge in [0.2, 0.25) is 0 Å². The molecule has 2 aromatic rings. The molecular formula is C23H25F2NO. The van der Waals surface area contributed by atoms with E-state index in [1.807, 2.05) is 6.07 Å². The molecule has 0 saturated carbocycles. The first-order valence-electron chi connectivity index (χ1n) is 9.84. The van der Waals surface area contributed by atoms with Gasteiger partial charge in [0.1, 0.15) is 0 Å². The molecule has 0 amide bonds. The Bertz CT molecular complexity index is 778. The van der Waals surface area contributed by atoms with Crippen LogP contribution in [0.1, 0.15) is 60.0 Å².